The van der Waals surface area contributed by atoms with Crippen LogP contribution >= 0.6 is 0 Å². The van der Waals surface area contributed by atoms with Crippen LogP contribution in [-0.2, 0) is 4.79 Å². The first-order valence-electron chi connectivity index (χ1n) is 10.5. The summed E-state index contributed by atoms with van der Waals surface area (Å²) in [6, 6.07) is 16.0. The molecule has 3 rings (SSSR count). The Morgan fingerprint density at radius 3 is 2.41 bits per heavy atom. The van der Waals surface area contributed by atoms with E-state index in [9.17, 15) is 10.1 Å². The molecule has 0 aliphatic rings. The van der Waals surface area contributed by atoms with E-state index >= 15 is 0 Å². The van der Waals surface area contributed by atoms with Gasteiger partial charge in [-0.25, -0.2) is 0 Å². The number of carbonyl (C=O) groups excluding carboxylic acids is 1. The van der Waals surface area contributed by atoms with Crippen molar-refractivity contribution in [1.82, 2.24) is 5.16 Å². The van der Waals surface area contributed by atoms with Crippen molar-refractivity contribution in [3.8, 4) is 29.1 Å². The maximum Gasteiger partial charge on any atom is 0.267 e. The second-order valence-corrected chi connectivity index (χ2v) is 7.08. The number of rotatable bonds is 11. The van der Waals surface area contributed by atoms with Crippen molar-refractivity contribution in [3.63, 3.8) is 0 Å². The third-order valence-electron chi connectivity index (χ3n) is 4.61. The van der Waals surface area contributed by atoms with Crippen LogP contribution < -0.4 is 24.3 Å². The topological polar surface area (TPSA) is 116 Å². The molecule has 0 saturated heterocycles. The highest BCUT2D eigenvalue weighted by molar-refractivity contribution is 6.09. The SMILES string of the molecule is COc1ccc(OCCCOc2ccc(/C=C(/C#N)C(=O)Nc3cc(C)on3)cc2OC)cc1. The van der Waals surface area contributed by atoms with Gasteiger partial charge in [0.2, 0.25) is 0 Å². The highest BCUT2D eigenvalue weighted by Crippen LogP contribution is 2.29. The van der Waals surface area contributed by atoms with Gasteiger partial charge in [0.05, 0.1) is 27.4 Å². The Morgan fingerprint density at radius 1 is 1.03 bits per heavy atom. The number of nitrogens with zero attached hydrogens (tertiary/aromatic N) is 2. The number of carbonyl (C=O) groups is 1. The summed E-state index contributed by atoms with van der Waals surface area (Å²) >= 11 is 0. The van der Waals surface area contributed by atoms with Gasteiger partial charge in [-0.15, -0.1) is 0 Å². The minimum atomic E-state index is -0.591. The van der Waals surface area contributed by atoms with Crippen molar-refractivity contribution in [2.45, 2.75) is 13.3 Å². The minimum Gasteiger partial charge on any atom is -0.497 e. The molecule has 176 valence electrons. The van der Waals surface area contributed by atoms with E-state index in [4.69, 9.17) is 23.5 Å². The fourth-order valence-electron chi connectivity index (χ4n) is 2.92. The van der Waals surface area contributed by atoms with E-state index in [-0.39, 0.29) is 11.4 Å². The summed E-state index contributed by atoms with van der Waals surface area (Å²) < 4.78 is 26.9. The van der Waals surface area contributed by atoms with Gasteiger partial charge < -0.3 is 28.8 Å². The summed E-state index contributed by atoms with van der Waals surface area (Å²) in [4.78, 5) is 12.4. The number of benzene rings is 2. The van der Waals surface area contributed by atoms with E-state index in [0.29, 0.717) is 42.5 Å². The van der Waals surface area contributed by atoms with Crippen LogP contribution in [0.1, 0.15) is 17.7 Å². The van der Waals surface area contributed by atoms with E-state index < -0.39 is 5.91 Å². The molecule has 9 heteroatoms. The van der Waals surface area contributed by atoms with E-state index in [2.05, 4.69) is 10.5 Å². The Morgan fingerprint density at radius 2 is 1.76 bits per heavy atom. The van der Waals surface area contributed by atoms with Crippen LogP contribution in [0.3, 0.4) is 0 Å². The van der Waals surface area contributed by atoms with Crippen LogP contribution in [0.15, 0.2) is 58.6 Å². The molecule has 2 aromatic carbocycles. The van der Waals surface area contributed by atoms with Crippen LogP contribution in [0, 0.1) is 18.3 Å². The molecule has 0 unspecified atom stereocenters. The minimum absolute atomic E-state index is 0.0907. The molecular formula is C25H25N3O6. The predicted octanol–water partition coefficient (Wildman–Crippen LogP) is 4.39. The summed E-state index contributed by atoms with van der Waals surface area (Å²) in [5.41, 5.74) is 0.516. The molecule has 34 heavy (non-hydrogen) atoms. The Kier molecular flexibility index (Phi) is 8.52. The third-order valence-corrected chi connectivity index (χ3v) is 4.61. The zero-order chi connectivity index (χ0) is 24.3. The lowest BCUT2D eigenvalue weighted by atomic mass is 10.1. The molecule has 0 spiro atoms. The normalized spacial score (nSPS) is 10.8. The van der Waals surface area contributed by atoms with E-state index in [0.717, 1.165) is 11.5 Å². The molecule has 0 radical (unpaired) electrons. The maximum atomic E-state index is 12.4. The molecule has 0 aliphatic carbocycles. The first kappa shape index (κ1) is 24.2. The number of anilines is 1. The van der Waals surface area contributed by atoms with Gasteiger partial charge in [0.1, 0.15) is 28.9 Å². The highest BCUT2D eigenvalue weighted by atomic mass is 16.5. The molecule has 0 fully saturated rings. The fraction of sp³-hybridized carbons (Fsp3) is 0.240. The van der Waals surface area contributed by atoms with Crippen LogP contribution in [0.4, 0.5) is 5.82 Å². The highest BCUT2D eigenvalue weighted by Gasteiger charge is 2.13. The molecule has 0 aliphatic heterocycles. The lowest BCUT2D eigenvalue weighted by Gasteiger charge is -2.12. The second kappa shape index (κ2) is 12.0. The average molecular weight is 463 g/mol. The van der Waals surface area contributed by atoms with Crippen LogP contribution in [0.25, 0.3) is 6.08 Å². The molecule has 1 aromatic heterocycles. The first-order chi connectivity index (χ1) is 16.5. The van der Waals surface area contributed by atoms with Gasteiger partial charge >= 0.3 is 0 Å². The summed E-state index contributed by atoms with van der Waals surface area (Å²) in [6.07, 6.45) is 2.12. The molecule has 0 bridgehead atoms. The van der Waals surface area contributed by atoms with E-state index in [1.807, 2.05) is 30.3 Å². The average Bonchev–Trinajstić information content (AvgIpc) is 3.27. The third kappa shape index (κ3) is 6.77. The zero-order valence-corrected chi connectivity index (χ0v) is 19.2. The van der Waals surface area contributed by atoms with Gasteiger partial charge in [-0.05, 0) is 55.0 Å². The fourth-order valence-corrected chi connectivity index (χ4v) is 2.92. The van der Waals surface area contributed by atoms with Gasteiger partial charge in [0, 0.05) is 12.5 Å². The first-order valence-corrected chi connectivity index (χ1v) is 10.5. The molecule has 3 aromatic rings. The van der Waals surface area contributed by atoms with Crippen molar-refractivity contribution >= 4 is 17.8 Å². The Bertz CT molecular complexity index is 1180. The number of ether oxygens (including phenoxy) is 4. The number of nitrogens with one attached hydrogen (secondary N) is 1. The van der Waals surface area contributed by atoms with Crippen molar-refractivity contribution in [1.29, 1.82) is 5.26 Å². The second-order valence-electron chi connectivity index (χ2n) is 7.08. The van der Waals surface area contributed by atoms with Gasteiger partial charge in [-0.3, -0.25) is 4.79 Å². The number of aromatic nitrogens is 1. The summed E-state index contributed by atoms with van der Waals surface area (Å²) in [6.45, 7) is 2.61. The molecule has 0 saturated carbocycles. The monoisotopic (exact) mass is 463 g/mol. The molecule has 1 amide bonds. The van der Waals surface area contributed by atoms with E-state index in [1.165, 1.54) is 13.2 Å². The van der Waals surface area contributed by atoms with Crippen LogP contribution in [0.2, 0.25) is 0 Å². The lowest BCUT2D eigenvalue weighted by molar-refractivity contribution is -0.112. The zero-order valence-electron chi connectivity index (χ0n) is 19.2. The van der Waals surface area contributed by atoms with Crippen molar-refractivity contribution < 1.29 is 28.3 Å². The van der Waals surface area contributed by atoms with E-state index in [1.54, 1.807) is 38.3 Å². The van der Waals surface area contributed by atoms with Gasteiger partial charge in [-0.1, -0.05) is 11.2 Å². The number of aryl methyl sites for hydroxylation is 1. The quantitative estimate of drug-likeness (QED) is 0.253. The number of amides is 1. The standard InChI is InChI=1S/C25H25N3O6/c1-17-13-24(28-34-17)27-25(29)19(16-26)14-18-5-10-22(23(15-18)31-3)33-12-4-11-32-21-8-6-20(30-2)7-9-21/h5-10,13-15H,4,11-12H2,1-3H3,(H,27,28,29)/b19-14-. The molecule has 1 heterocycles. The summed E-state index contributed by atoms with van der Waals surface area (Å²) in [5.74, 6) is 2.75. The summed E-state index contributed by atoms with van der Waals surface area (Å²) in [7, 11) is 3.14. The number of methoxy groups -OCH3 is 2. The number of hydrogen-bond acceptors (Lipinski definition) is 8. The maximum absolute atomic E-state index is 12.4. The Balaban J connectivity index is 1.55. The Hall–Kier alpha value is -4.45. The Labute approximate surface area is 197 Å². The van der Waals surface area contributed by atoms with Gasteiger partial charge in [0.15, 0.2) is 17.3 Å². The summed E-state index contributed by atoms with van der Waals surface area (Å²) in [5, 5.41) is 15.6. The van der Waals surface area contributed by atoms with Crippen molar-refractivity contribution in [2.24, 2.45) is 0 Å². The van der Waals surface area contributed by atoms with Gasteiger partial charge in [0.25, 0.3) is 5.91 Å². The largest absolute Gasteiger partial charge is 0.497 e. The molecular weight excluding hydrogens is 438 g/mol. The van der Waals surface area contributed by atoms with Crippen LogP contribution in [-0.4, -0.2) is 38.5 Å². The number of hydrogen-bond donors (Lipinski definition) is 1. The van der Waals surface area contributed by atoms with Crippen molar-refractivity contribution in [2.75, 3.05) is 32.8 Å². The molecule has 0 atom stereocenters. The van der Waals surface area contributed by atoms with Crippen LogP contribution in [0.5, 0.6) is 23.0 Å². The number of nitriles is 1. The predicted molar refractivity (Wildman–Crippen MR) is 125 cm³/mol. The van der Waals surface area contributed by atoms with Crippen molar-refractivity contribution in [3.05, 3.63) is 65.4 Å². The molecule has 9 nitrogen and oxygen atoms in total. The molecule has 1 N–H and O–H groups in total. The lowest BCUT2D eigenvalue weighted by Crippen LogP contribution is -2.13. The smallest absolute Gasteiger partial charge is 0.267 e. The van der Waals surface area contributed by atoms with Gasteiger partial charge in [-0.2, -0.15) is 5.26 Å².